The summed E-state index contributed by atoms with van der Waals surface area (Å²) in [6, 6.07) is 9.00. The van der Waals surface area contributed by atoms with Gasteiger partial charge in [0.25, 0.3) is 0 Å². The number of carbonyl (C=O) groups excluding carboxylic acids is 2. The summed E-state index contributed by atoms with van der Waals surface area (Å²) < 4.78 is 20.9. The Morgan fingerprint density at radius 2 is 2.07 bits per heavy atom. The van der Waals surface area contributed by atoms with Crippen molar-refractivity contribution in [3.05, 3.63) is 66.9 Å². The molecule has 3 rings (SSSR count). The molecular formula is C19H18FN5O3S. The minimum atomic E-state index is -0.633. The van der Waals surface area contributed by atoms with E-state index in [2.05, 4.69) is 27.4 Å². The molecule has 3 amide bonds. The number of nitrogens with zero attached hydrogens (tertiary/aromatic N) is 3. The van der Waals surface area contributed by atoms with Crippen molar-refractivity contribution in [1.82, 2.24) is 25.4 Å². The summed E-state index contributed by atoms with van der Waals surface area (Å²) >= 11 is 1.08. The van der Waals surface area contributed by atoms with Crippen molar-refractivity contribution in [2.45, 2.75) is 18.2 Å². The molecule has 8 nitrogen and oxygen atoms in total. The Labute approximate surface area is 170 Å². The lowest BCUT2D eigenvalue weighted by atomic mass is 10.2. The number of halogens is 1. The largest absolute Gasteiger partial charge is 0.467 e. The maximum atomic E-state index is 14.1. The van der Waals surface area contributed by atoms with Gasteiger partial charge in [0.05, 0.1) is 24.1 Å². The quantitative estimate of drug-likeness (QED) is 0.433. The fraction of sp³-hybridized carbons (Fsp3) is 0.158. The van der Waals surface area contributed by atoms with Crippen molar-refractivity contribution in [1.29, 1.82) is 0 Å². The molecule has 0 aliphatic carbocycles. The number of thioether (sulfide) groups is 1. The third-order valence-electron chi connectivity index (χ3n) is 3.73. The van der Waals surface area contributed by atoms with E-state index < -0.39 is 17.8 Å². The summed E-state index contributed by atoms with van der Waals surface area (Å²) in [6.07, 6.45) is 3.12. The van der Waals surface area contributed by atoms with Crippen LogP contribution in [0.5, 0.6) is 0 Å². The van der Waals surface area contributed by atoms with Gasteiger partial charge in [0.15, 0.2) is 11.0 Å². The van der Waals surface area contributed by atoms with E-state index in [0.717, 1.165) is 11.8 Å². The molecule has 0 aliphatic rings. The maximum absolute atomic E-state index is 14.1. The molecule has 150 valence electrons. The van der Waals surface area contributed by atoms with Gasteiger partial charge in [-0.2, -0.15) is 0 Å². The second-order valence-electron chi connectivity index (χ2n) is 5.78. The highest BCUT2D eigenvalue weighted by atomic mass is 32.2. The molecule has 0 spiro atoms. The number of nitrogens with one attached hydrogen (secondary N) is 2. The molecule has 0 bridgehead atoms. The van der Waals surface area contributed by atoms with Crippen LogP contribution in [0.4, 0.5) is 9.18 Å². The van der Waals surface area contributed by atoms with E-state index in [4.69, 9.17) is 4.42 Å². The Kier molecular flexibility index (Phi) is 6.80. The number of allylic oxidation sites excluding steroid dienone is 1. The molecule has 1 aromatic carbocycles. The van der Waals surface area contributed by atoms with E-state index in [1.54, 1.807) is 41.0 Å². The molecule has 2 aromatic heterocycles. The van der Waals surface area contributed by atoms with Gasteiger partial charge < -0.3 is 9.73 Å². The van der Waals surface area contributed by atoms with E-state index in [1.165, 1.54) is 12.3 Å². The standard InChI is InChI=1S/C19H18FN5O3S/c1-2-9-25-17(14-7-3-4-8-15(14)20)23-24-19(25)29-12-16(26)22-18(27)21-11-13-6-5-10-28-13/h2-8,10H,1,9,11-12H2,(H2,21,22,26,27). The van der Waals surface area contributed by atoms with Gasteiger partial charge in [-0.1, -0.05) is 30.0 Å². The first-order valence-corrected chi connectivity index (χ1v) is 9.59. The molecule has 0 radical (unpaired) electrons. The number of aromatic nitrogens is 3. The lowest BCUT2D eigenvalue weighted by Gasteiger charge is -2.08. The lowest BCUT2D eigenvalue weighted by molar-refractivity contribution is -0.117. The lowest BCUT2D eigenvalue weighted by Crippen LogP contribution is -2.39. The number of rotatable bonds is 8. The molecule has 10 heteroatoms. The van der Waals surface area contributed by atoms with Crippen LogP contribution in [0.1, 0.15) is 5.76 Å². The minimum absolute atomic E-state index is 0.0687. The Hall–Kier alpha value is -3.40. The van der Waals surface area contributed by atoms with E-state index in [9.17, 15) is 14.0 Å². The van der Waals surface area contributed by atoms with E-state index >= 15 is 0 Å². The number of imide groups is 1. The number of hydrogen-bond acceptors (Lipinski definition) is 6. The fourth-order valence-corrected chi connectivity index (χ4v) is 3.20. The average Bonchev–Trinajstić information content (AvgIpc) is 3.36. The molecule has 0 saturated heterocycles. The van der Waals surface area contributed by atoms with Crippen molar-refractivity contribution < 1.29 is 18.4 Å². The number of benzene rings is 1. The molecule has 0 atom stereocenters. The first-order chi connectivity index (χ1) is 14.1. The van der Waals surface area contributed by atoms with Gasteiger partial charge in [-0.15, -0.1) is 16.8 Å². The fourth-order valence-electron chi connectivity index (χ4n) is 2.45. The van der Waals surface area contributed by atoms with Gasteiger partial charge in [0.1, 0.15) is 11.6 Å². The molecule has 0 aliphatic heterocycles. The first-order valence-electron chi connectivity index (χ1n) is 8.60. The normalized spacial score (nSPS) is 10.5. The van der Waals surface area contributed by atoms with E-state index in [1.807, 2.05) is 0 Å². The Bertz CT molecular complexity index is 1000. The number of furan rings is 1. The Morgan fingerprint density at radius 3 is 2.79 bits per heavy atom. The molecule has 2 N–H and O–H groups in total. The smallest absolute Gasteiger partial charge is 0.321 e. The van der Waals surface area contributed by atoms with Crippen molar-refractivity contribution in [2.75, 3.05) is 5.75 Å². The van der Waals surface area contributed by atoms with Gasteiger partial charge in [0.2, 0.25) is 5.91 Å². The number of amides is 3. The summed E-state index contributed by atoms with van der Waals surface area (Å²) in [6.45, 7) is 4.19. The predicted molar refractivity (Wildman–Crippen MR) is 105 cm³/mol. The second-order valence-corrected chi connectivity index (χ2v) is 6.73. The van der Waals surface area contributed by atoms with Crippen molar-refractivity contribution in [3.8, 4) is 11.4 Å². The van der Waals surface area contributed by atoms with Crippen LogP contribution in [0.15, 0.2) is 64.9 Å². The highest BCUT2D eigenvalue weighted by molar-refractivity contribution is 7.99. The number of carbonyl (C=O) groups is 2. The Morgan fingerprint density at radius 1 is 1.24 bits per heavy atom. The van der Waals surface area contributed by atoms with Crippen LogP contribution in [0.2, 0.25) is 0 Å². The first kappa shape index (κ1) is 20.3. The van der Waals surface area contributed by atoms with Gasteiger partial charge in [0, 0.05) is 6.54 Å². The van der Waals surface area contributed by atoms with Crippen LogP contribution in [-0.2, 0) is 17.9 Å². The molecule has 0 fully saturated rings. The maximum Gasteiger partial charge on any atom is 0.321 e. The summed E-state index contributed by atoms with van der Waals surface area (Å²) in [5, 5.41) is 13.2. The van der Waals surface area contributed by atoms with Crippen LogP contribution < -0.4 is 10.6 Å². The van der Waals surface area contributed by atoms with Crippen LogP contribution >= 0.6 is 11.8 Å². The SMILES string of the molecule is C=CCn1c(SCC(=O)NC(=O)NCc2ccco2)nnc1-c1ccccc1F. The van der Waals surface area contributed by atoms with Crippen LogP contribution in [-0.4, -0.2) is 32.5 Å². The van der Waals surface area contributed by atoms with Gasteiger partial charge in [-0.25, -0.2) is 9.18 Å². The monoisotopic (exact) mass is 415 g/mol. The summed E-state index contributed by atoms with van der Waals surface area (Å²) in [7, 11) is 0. The summed E-state index contributed by atoms with van der Waals surface area (Å²) in [4.78, 5) is 23.8. The van der Waals surface area contributed by atoms with Crippen molar-refractivity contribution in [2.24, 2.45) is 0 Å². The second kappa shape index (κ2) is 9.69. The zero-order chi connectivity index (χ0) is 20.6. The summed E-state index contributed by atoms with van der Waals surface area (Å²) in [5.41, 5.74) is 0.301. The Balaban J connectivity index is 1.60. The van der Waals surface area contributed by atoms with Crippen LogP contribution in [0, 0.1) is 5.82 Å². The van der Waals surface area contributed by atoms with Crippen molar-refractivity contribution in [3.63, 3.8) is 0 Å². The number of hydrogen-bond donors (Lipinski definition) is 2. The van der Waals surface area contributed by atoms with Gasteiger partial charge in [-0.3, -0.25) is 14.7 Å². The van der Waals surface area contributed by atoms with E-state index in [-0.39, 0.29) is 12.3 Å². The zero-order valence-corrected chi connectivity index (χ0v) is 16.1. The van der Waals surface area contributed by atoms with Crippen LogP contribution in [0.3, 0.4) is 0 Å². The highest BCUT2D eigenvalue weighted by Crippen LogP contribution is 2.25. The van der Waals surface area contributed by atoms with E-state index in [0.29, 0.717) is 28.8 Å². The molecule has 3 aromatic rings. The molecule has 0 saturated carbocycles. The van der Waals surface area contributed by atoms with Gasteiger partial charge in [-0.05, 0) is 24.3 Å². The van der Waals surface area contributed by atoms with Crippen molar-refractivity contribution >= 4 is 23.7 Å². The number of urea groups is 1. The topological polar surface area (TPSA) is 102 Å². The average molecular weight is 415 g/mol. The molecule has 2 heterocycles. The minimum Gasteiger partial charge on any atom is -0.467 e. The third kappa shape index (κ3) is 5.32. The van der Waals surface area contributed by atoms with Gasteiger partial charge >= 0.3 is 6.03 Å². The highest BCUT2D eigenvalue weighted by Gasteiger charge is 2.18. The van der Waals surface area contributed by atoms with Crippen LogP contribution in [0.25, 0.3) is 11.4 Å². The molecule has 29 heavy (non-hydrogen) atoms. The predicted octanol–water partition coefficient (Wildman–Crippen LogP) is 2.98. The molecule has 0 unspecified atom stereocenters. The molecular weight excluding hydrogens is 397 g/mol. The third-order valence-corrected chi connectivity index (χ3v) is 4.70. The summed E-state index contributed by atoms with van der Waals surface area (Å²) in [5.74, 6) is -0.0942. The zero-order valence-electron chi connectivity index (χ0n) is 15.3.